The van der Waals surface area contributed by atoms with Crippen LogP contribution in [0.5, 0.6) is 0 Å². The zero-order chi connectivity index (χ0) is 28.4. The third-order valence-electron chi connectivity index (χ3n) is 6.83. The molecule has 9 nitrogen and oxygen atoms in total. The van der Waals surface area contributed by atoms with Gasteiger partial charge in [-0.05, 0) is 23.0 Å². The summed E-state index contributed by atoms with van der Waals surface area (Å²) in [5.41, 5.74) is 1.72. The molecule has 0 bridgehead atoms. The fourth-order valence-electron chi connectivity index (χ4n) is 4.21. The topological polar surface area (TPSA) is 120 Å². The lowest BCUT2D eigenvalue weighted by molar-refractivity contribution is -0.193. The zero-order valence-corrected chi connectivity index (χ0v) is 22.9. The van der Waals surface area contributed by atoms with Crippen LogP contribution in [-0.2, 0) is 46.6 Å². The number of nitrogens with one attached hydrogen (secondary N) is 2. The highest BCUT2D eigenvalue weighted by Crippen LogP contribution is 2.31. The molecule has 39 heavy (non-hydrogen) atoms. The fourth-order valence-corrected chi connectivity index (χ4v) is 4.21. The molecule has 1 aliphatic rings. The van der Waals surface area contributed by atoms with Crippen LogP contribution in [0.15, 0.2) is 60.7 Å². The van der Waals surface area contributed by atoms with Crippen molar-refractivity contribution in [2.75, 3.05) is 6.61 Å². The van der Waals surface area contributed by atoms with E-state index >= 15 is 0 Å². The van der Waals surface area contributed by atoms with Gasteiger partial charge in [-0.2, -0.15) is 0 Å². The molecular formula is C30H38N2O7. The number of carbonyl (C=O) groups excluding carboxylic acids is 4. The Balaban J connectivity index is 1.67. The standard InChI is InChI=1S/C30H38N2O7/c1-5-20(4)24-26(39-29(24)35)28(34)31-23(18-37-16-21-12-8-6-9-13-21)27(33)32-25(19(2)3)30(36)38-17-22-14-10-7-11-15-22/h6-15,19-20,23-26H,5,16-18H2,1-4H3,(H,31,34)(H,32,33)/t20-,23?,24?,25?,26?/m0/s1. The Morgan fingerprint density at radius 3 is 2.03 bits per heavy atom. The predicted octanol–water partition coefficient (Wildman–Crippen LogP) is 3.16. The van der Waals surface area contributed by atoms with Crippen LogP contribution >= 0.6 is 0 Å². The number of hydrogen-bond donors (Lipinski definition) is 2. The summed E-state index contributed by atoms with van der Waals surface area (Å²) in [4.78, 5) is 51.3. The largest absolute Gasteiger partial charge is 0.459 e. The Bertz CT molecular complexity index is 1110. The minimum absolute atomic E-state index is 0.0479. The van der Waals surface area contributed by atoms with Gasteiger partial charge in [-0.15, -0.1) is 0 Å². The average molecular weight is 539 g/mol. The summed E-state index contributed by atoms with van der Waals surface area (Å²) < 4.78 is 16.3. The van der Waals surface area contributed by atoms with Gasteiger partial charge in [-0.3, -0.25) is 14.4 Å². The molecule has 1 fully saturated rings. The summed E-state index contributed by atoms with van der Waals surface area (Å²) in [6.07, 6.45) is -0.275. The Kier molecular flexibility index (Phi) is 11.0. The molecule has 2 amide bonds. The molecule has 3 rings (SSSR count). The van der Waals surface area contributed by atoms with Crippen molar-refractivity contribution in [3.8, 4) is 0 Å². The first-order chi connectivity index (χ1) is 18.7. The quantitative estimate of drug-likeness (QED) is 0.355. The smallest absolute Gasteiger partial charge is 0.329 e. The lowest BCUT2D eigenvalue weighted by atomic mass is 9.82. The molecule has 2 N–H and O–H groups in total. The molecule has 210 valence electrons. The van der Waals surface area contributed by atoms with Crippen molar-refractivity contribution in [2.24, 2.45) is 17.8 Å². The van der Waals surface area contributed by atoms with Crippen LogP contribution in [0.2, 0.25) is 0 Å². The fraction of sp³-hybridized carbons (Fsp3) is 0.467. The van der Waals surface area contributed by atoms with Gasteiger partial charge in [0.2, 0.25) is 5.91 Å². The minimum atomic E-state index is -1.12. The lowest BCUT2D eigenvalue weighted by Crippen LogP contribution is -2.61. The van der Waals surface area contributed by atoms with Crippen molar-refractivity contribution in [2.45, 2.75) is 65.5 Å². The molecule has 4 unspecified atom stereocenters. The zero-order valence-electron chi connectivity index (χ0n) is 22.9. The molecule has 0 spiro atoms. The molecule has 5 atom stereocenters. The highest BCUT2D eigenvalue weighted by Gasteiger charge is 2.50. The van der Waals surface area contributed by atoms with E-state index in [0.29, 0.717) is 6.42 Å². The van der Waals surface area contributed by atoms with Gasteiger partial charge in [0.15, 0.2) is 6.10 Å². The van der Waals surface area contributed by atoms with Crippen LogP contribution in [0.1, 0.15) is 45.2 Å². The van der Waals surface area contributed by atoms with Crippen molar-refractivity contribution >= 4 is 23.8 Å². The van der Waals surface area contributed by atoms with Gasteiger partial charge >= 0.3 is 11.9 Å². The van der Waals surface area contributed by atoms with E-state index in [9.17, 15) is 19.2 Å². The first-order valence-corrected chi connectivity index (χ1v) is 13.3. The predicted molar refractivity (Wildman–Crippen MR) is 144 cm³/mol. The molecule has 2 aromatic rings. The van der Waals surface area contributed by atoms with E-state index < -0.39 is 47.9 Å². The number of rotatable bonds is 14. The summed E-state index contributed by atoms with van der Waals surface area (Å²) in [6.45, 7) is 7.54. The number of benzene rings is 2. The van der Waals surface area contributed by atoms with E-state index in [-0.39, 0.29) is 31.7 Å². The maximum atomic E-state index is 13.4. The summed E-state index contributed by atoms with van der Waals surface area (Å²) in [7, 11) is 0. The number of amides is 2. The molecule has 1 heterocycles. The van der Waals surface area contributed by atoms with Crippen LogP contribution < -0.4 is 10.6 Å². The number of esters is 2. The number of cyclic esters (lactones) is 1. The maximum Gasteiger partial charge on any atom is 0.329 e. The second-order valence-electron chi connectivity index (χ2n) is 10.2. The number of carbonyl (C=O) groups is 4. The third kappa shape index (κ3) is 8.38. The van der Waals surface area contributed by atoms with Crippen molar-refractivity contribution in [3.63, 3.8) is 0 Å². The van der Waals surface area contributed by atoms with E-state index in [4.69, 9.17) is 14.2 Å². The van der Waals surface area contributed by atoms with E-state index in [0.717, 1.165) is 11.1 Å². The highest BCUT2D eigenvalue weighted by atomic mass is 16.6. The normalized spacial score (nSPS) is 18.7. The van der Waals surface area contributed by atoms with Gasteiger partial charge in [-0.1, -0.05) is 94.8 Å². The Morgan fingerprint density at radius 1 is 0.897 bits per heavy atom. The summed E-state index contributed by atoms with van der Waals surface area (Å²) >= 11 is 0. The number of ether oxygens (including phenoxy) is 3. The SMILES string of the molecule is CC[C@H](C)C1C(=O)OC1C(=O)NC(COCc1ccccc1)C(=O)NC(C(=O)OCc1ccccc1)C(C)C. The molecule has 0 radical (unpaired) electrons. The van der Waals surface area contributed by atoms with Gasteiger partial charge in [0.05, 0.1) is 13.2 Å². The molecule has 0 aliphatic carbocycles. The van der Waals surface area contributed by atoms with Crippen molar-refractivity contribution in [1.29, 1.82) is 0 Å². The summed E-state index contributed by atoms with van der Waals surface area (Å²) in [6, 6.07) is 16.6. The number of hydrogen-bond acceptors (Lipinski definition) is 7. The highest BCUT2D eigenvalue weighted by molar-refractivity contribution is 5.97. The average Bonchev–Trinajstić information content (AvgIpc) is 2.93. The van der Waals surface area contributed by atoms with Gasteiger partial charge in [0.1, 0.15) is 24.6 Å². The molecular weight excluding hydrogens is 500 g/mol. The van der Waals surface area contributed by atoms with E-state index in [1.54, 1.807) is 13.8 Å². The molecule has 9 heteroatoms. The molecule has 0 aromatic heterocycles. The summed E-state index contributed by atoms with van der Waals surface area (Å²) in [5, 5.41) is 5.39. The monoisotopic (exact) mass is 538 g/mol. The van der Waals surface area contributed by atoms with E-state index in [1.165, 1.54) is 0 Å². The second kappa shape index (κ2) is 14.4. The van der Waals surface area contributed by atoms with Gasteiger partial charge < -0.3 is 24.8 Å². The molecule has 1 aliphatic heterocycles. The van der Waals surface area contributed by atoms with Crippen LogP contribution in [-0.4, -0.2) is 48.5 Å². The van der Waals surface area contributed by atoms with E-state index in [2.05, 4.69) is 10.6 Å². The minimum Gasteiger partial charge on any atom is -0.459 e. The van der Waals surface area contributed by atoms with Crippen LogP contribution in [0.4, 0.5) is 0 Å². The lowest BCUT2D eigenvalue weighted by Gasteiger charge is -2.37. The second-order valence-corrected chi connectivity index (χ2v) is 10.2. The Hall–Kier alpha value is -3.72. The van der Waals surface area contributed by atoms with Gasteiger partial charge in [0.25, 0.3) is 5.91 Å². The van der Waals surface area contributed by atoms with Crippen molar-refractivity contribution in [3.05, 3.63) is 71.8 Å². The van der Waals surface area contributed by atoms with Gasteiger partial charge in [-0.25, -0.2) is 4.79 Å². The third-order valence-corrected chi connectivity index (χ3v) is 6.83. The Morgan fingerprint density at radius 2 is 1.49 bits per heavy atom. The summed E-state index contributed by atoms with van der Waals surface area (Å²) in [5.74, 6) is -3.07. The van der Waals surface area contributed by atoms with E-state index in [1.807, 2.05) is 74.5 Å². The maximum absolute atomic E-state index is 13.4. The van der Waals surface area contributed by atoms with Crippen molar-refractivity contribution in [1.82, 2.24) is 10.6 Å². The molecule has 2 aromatic carbocycles. The molecule has 1 saturated heterocycles. The van der Waals surface area contributed by atoms with Crippen LogP contribution in [0, 0.1) is 17.8 Å². The first-order valence-electron chi connectivity index (χ1n) is 13.3. The van der Waals surface area contributed by atoms with Crippen LogP contribution in [0.3, 0.4) is 0 Å². The van der Waals surface area contributed by atoms with Crippen LogP contribution in [0.25, 0.3) is 0 Å². The van der Waals surface area contributed by atoms with Gasteiger partial charge in [0, 0.05) is 0 Å². The Labute approximate surface area is 229 Å². The van der Waals surface area contributed by atoms with Crippen molar-refractivity contribution < 1.29 is 33.4 Å². The first kappa shape index (κ1) is 29.8. The molecule has 0 saturated carbocycles.